The molecule has 120 valence electrons. The van der Waals surface area contributed by atoms with Gasteiger partial charge in [0.25, 0.3) is 0 Å². The molecule has 0 spiro atoms. The van der Waals surface area contributed by atoms with Crippen LogP contribution in [0.5, 0.6) is 0 Å². The molecule has 0 atom stereocenters. The highest BCUT2D eigenvalue weighted by molar-refractivity contribution is 9.10. The summed E-state index contributed by atoms with van der Waals surface area (Å²) in [6, 6.07) is 12.9. The molecule has 2 aromatic carbocycles. The third-order valence-electron chi connectivity index (χ3n) is 3.23. The molecule has 23 heavy (non-hydrogen) atoms. The van der Waals surface area contributed by atoms with Gasteiger partial charge in [-0.3, -0.25) is 9.59 Å². The predicted molar refractivity (Wildman–Crippen MR) is 96.7 cm³/mol. The summed E-state index contributed by atoms with van der Waals surface area (Å²) in [5.41, 5.74) is 3.15. The molecule has 0 radical (unpaired) electrons. The number of benzene rings is 2. The van der Waals surface area contributed by atoms with E-state index in [2.05, 4.69) is 31.9 Å². The van der Waals surface area contributed by atoms with Crippen molar-refractivity contribution in [3.8, 4) is 0 Å². The van der Waals surface area contributed by atoms with Crippen LogP contribution in [-0.2, 0) is 9.59 Å². The number of hydrogen-bond acceptors (Lipinski definition) is 3. The summed E-state index contributed by atoms with van der Waals surface area (Å²) in [5, 5.41) is 8.68. The van der Waals surface area contributed by atoms with E-state index in [1.54, 1.807) is 0 Å². The molecule has 0 aromatic heterocycles. The monoisotopic (exact) mass is 375 g/mol. The molecule has 0 aliphatic carbocycles. The molecule has 0 aliphatic rings. The van der Waals surface area contributed by atoms with E-state index in [0.717, 1.165) is 27.1 Å². The Balaban J connectivity index is 1.99. The fourth-order valence-electron chi connectivity index (χ4n) is 2.08. The molecule has 0 heterocycles. The van der Waals surface area contributed by atoms with Crippen molar-refractivity contribution in [3.63, 3.8) is 0 Å². The topological polar surface area (TPSA) is 70.2 Å². The van der Waals surface area contributed by atoms with Gasteiger partial charge in [-0.05, 0) is 52.7 Å². The highest BCUT2D eigenvalue weighted by Crippen LogP contribution is 2.24. The van der Waals surface area contributed by atoms with Crippen LogP contribution in [0, 0.1) is 6.92 Å². The number of halogens is 1. The summed E-state index contributed by atoms with van der Waals surface area (Å²) >= 11 is 3.39. The number of amides is 2. The van der Waals surface area contributed by atoms with E-state index >= 15 is 0 Å². The van der Waals surface area contributed by atoms with E-state index in [0.29, 0.717) is 0 Å². The Hall–Kier alpha value is -2.34. The summed E-state index contributed by atoms with van der Waals surface area (Å²) < 4.78 is 0.831. The first kappa shape index (κ1) is 17.0. The quantitative estimate of drug-likeness (QED) is 0.744. The van der Waals surface area contributed by atoms with Gasteiger partial charge >= 0.3 is 0 Å². The molecule has 0 bridgehead atoms. The second kappa shape index (κ2) is 7.78. The van der Waals surface area contributed by atoms with Crippen LogP contribution in [0.3, 0.4) is 0 Å². The highest BCUT2D eigenvalue weighted by atomic mass is 79.9. The molecule has 2 rings (SSSR count). The van der Waals surface area contributed by atoms with E-state index in [9.17, 15) is 9.59 Å². The predicted octanol–water partition coefficient (Wildman–Crippen LogP) is 3.77. The average molecular weight is 376 g/mol. The Bertz CT molecular complexity index is 732. The summed E-state index contributed by atoms with van der Waals surface area (Å²) in [7, 11) is 0. The first-order chi connectivity index (χ1) is 11.0. The zero-order valence-corrected chi connectivity index (χ0v) is 14.5. The Labute approximate surface area is 143 Å². The summed E-state index contributed by atoms with van der Waals surface area (Å²) in [6.07, 6.45) is 0. The molecule has 0 fully saturated rings. The Kier molecular flexibility index (Phi) is 5.76. The van der Waals surface area contributed by atoms with E-state index in [1.807, 2.05) is 49.4 Å². The van der Waals surface area contributed by atoms with Crippen molar-refractivity contribution < 1.29 is 9.59 Å². The van der Waals surface area contributed by atoms with Gasteiger partial charge in [0.05, 0.1) is 12.2 Å². The Morgan fingerprint density at radius 3 is 2.30 bits per heavy atom. The summed E-state index contributed by atoms with van der Waals surface area (Å²) in [5.74, 6) is -0.279. The van der Waals surface area contributed by atoms with Crippen molar-refractivity contribution in [2.24, 2.45) is 0 Å². The lowest BCUT2D eigenvalue weighted by Crippen LogP contribution is -2.22. The second-order valence-electron chi connectivity index (χ2n) is 5.04. The molecule has 0 unspecified atom stereocenters. The van der Waals surface area contributed by atoms with E-state index in [-0.39, 0.29) is 18.4 Å². The maximum Gasteiger partial charge on any atom is 0.243 e. The van der Waals surface area contributed by atoms with Gasteiger partial charge in [0.15, 0.2) is 0 Å². The van der Waals surface area contributed by atoms with Crippen molar-refractivity contribution in [1.82, 2.24) is 0 Å². The van der Waals surface area contributed by atoms with Crippen LogP contribution < -0.4 is 16.0 Å². The minimum absolute atomic E-state index is 0.128. The smallest absolute Gasteiger partial charge is 0.243 e. The molecule has 2 aromatic rings. The molecular formula is C17H18BrN3O2. The van der Waals surface area contributed by atoms with Gasteiger partial charge in [-0.1, -0.05) is 18.2 Å². The van der Waals surface area contributed by atoms with E-state index in [1.165, 1.54) is 6.92 Å². The fraction of sp³-hybridized carbons (Fsp3) is 0.176. The van der Waals surface area contributed by atoms with E-state index in [4.69, 9.17) is 0 Å². The maximum atomic E-state index is 12.0. The van der Waals surface area contributed by atoms with Crippen molar-refractivity contribution in [2.75, 3.05) is 22.5 Å². The zero-order chi connectivity index (χ0) is 16.8. The molecule has 3 N–H and O–H groups in total. The highest BCUT2D eigenvalue weighted by Gasteiger charge is 2.08. The van der Waals surface area contributed by atoms with Crippen LogP contribution in [0.4, 0.5) is 17.1 Å². The number of anilines is 3. The van der Waals surface area contributed by atoms with Crippen molar-refractivity contribution in [2.45, 2.75) is 13.8 Å². The van der Waals surface area contributed by atoms with Gasteiger partial charge in [-0.2, -0.15) is 0 Å². The number of hydrogen-bond donors (Lipinski definition) is 3. The van der Waals surface area contributed by atoms with Crippen LogP contribution in [0.15, 0.2) is 46.9 Å². The SMILES string of the molecule is CC(=O)Nc1cccc(NCC(=O)Nc2ccccc2Br)c1C. The number of para-hydroxylation sites is 1. The lowest BCUT2D eigenvalue weighted by atomic mass is 10.1. The molecule has 6 heteroatoms. The Morgan fingerprint density at radius 1 is 0.957 bits per heavy atom. The average Bonchev–Trinajstić information content (AvgIpc) is 2.50. The van der Waals surface area contributed by atoms with E-state index < -0.39 is 0 Å². The maximum absolute atomic E-state index is 12.0. The lowest BCUT2D eigenvalue weighted by Gasteiger charge is -2.14. The van der Waals surface area contributed by atoms with Crippen molar-refractivity contribution >= 4 is 44.8 Å². The summed E-state index contributed by atoms with van der Waals surface area (Å²) in [4.78, 5) is 23.2. The number of rotatable bonds is 5. The van der Waals surface area contributed by atoms with Crippen molar-refractivity contribution in [1.29, 1.82) is 0 Å². The Morgan fingerprint density at radius 2 is 1.61 bits per heavy atom. The van der Waals surface area contributed by atoms with Crippen LogP contribution in [0.2, 0.25) is 0 Å². The minimum atomic E-state index is -0.152. The van der Waals surface area contributed by atoms with Gasteiger partial charge < -0.3 is 16.0 Å². The summed E-state index contributed by atoms with van der Waals surface area (Å²) in [6.45, 7) is 3.48. The largest absolute Gasteiger partial charge is 0.376 e. The molecular weight excluding hydrogens is 358 g/mol. The standard InChI is InChI=1S/C17H18BrN3O2/c1-11-14(8-5-9-15(11)20-12(2)22)19-10-17(23)21-16-7-4-3-6-13(16)18/h3-9,19H,10H2,1-2H3,(H,20,22)(H,21,23). The van der Waals surface area contributed by atoms with Crippen molar-refractivity contribution in [3.05, 3.63) is 52.5 Å². The van der Waals surface area contributed by atoms with Crippen LogP contribution in [0.1, 0.15) is 12.5 Å². The lowest BCUT2D eigenvalue weighted by molar-refractivity contribution is -0.115. The fourth-order valence-corrected chi connectivity index (χ4v) is 2.47. The van der Waals surface area contributed by atoms with Crippen LogP contribution in [0.25, 0.3) is 0 Å². The first-order valence-electron chi connectivity index (χ1n) is 7.13. The normalized spacial score (nSPS) is 10.0. The molecule has 0 saturated heterocycles. The third kappa shape index (κ3) is 4.82. The first-order valence-corrected chi connectivity index (χ1v) is 7.92. The van der Waals surface area contributed by atoms with Gasteiger partial charge in [-0.15, -0.1) is 0 Å². The van der Waals surface area contributed by atoms with Gasteiger partial charge in [0, 0.05) is 22.8 Å². The molecule has 0 aliphatic heterocycles. The third-order valence-corrected chi connectivity index (χ3v) is 3.92. The van der Waals surface area contributed by atoms with Crippen LogP contribution in [-0.4, -0.2) is 18.4 Å². The molecule has 5 nitrogen and oxygen atoms in total. The minimum Gasteiger partial charge on any atom is -0.376 e. The van der Waals surface area contributed by atoms with Crippen LogP contribution >= 0.6 is 15.9 Å². The second-order valence-corrected chi connectivity index (χ2v) is 5.90. The number of nitrogens with one attached hydrogen (secondary N) is 3. The number of carbonyl (C=O) groups is 2. The zero-order valence-electron chi connectivity index (χ0n) is 12.9. The molecule has 2 amide bonds. The van der Waals surface area contributed by atoms with Gasteiger partial charge in [0.2, 0.25) is 11.8 Å². The molecule has 0 saturated carbocycles. The van der Waals surface area contributed by atoms with Gasteiger partial charge in [-0.25, -0.2) is 0 Å². The van der Waals surface area contributed by atoms with Gasteiger partial charge in [0.1, 0.15) is 0 Å². The number of carbonyl (C=O) groups excluding carboxylic acids is 2.